The molecule has 43 heavy (non-hydrogen) atoms. The molecule has 0 spiro atoms. The lowest BCUT2D eigenvalue weighted by Gasteiger charge is -2.25. The first-order chi connectivity index (χ1) is 20.7. The standard InChI is InChI=1S/C31H25Cl2N3O6S/c1-3-41-21-11-9-19(10-12-21)27-26(29(39)35-20-7-5-4-6-8-20)17(2)34-31-36(27)30(40)24(43-31)15-18-13-22(32)28(23(33)14-18)42-16-25(37)38/h4-15,27H,3,16H2,1-2H3,(H,35,39)(H,37,38)/b24-15-/t27-/m0/s1. The molecule has 0 bridgehead atoms. The molecule has 0 saturated carbocycles. The summed E-state index contributed by atoms with van der Waals surface area (Å²) in [6.45, 7) is 3.52. The van der Waals surface area contributed by atoms with Gasteiger partial charge in [0.25, 0.3) is 11.5 Å². The Labute approximate surface area is 259 Å². The molecule has 12 heteroatoms. The number of aromatic nitrogens is 1. The number of amides is 1. The minimum absolute atomic E-state index is 0.0320. The summed E-state index contributed by atoms with van der Waals surface area (Å²) < 4.78 is 12.6. The number of thiazole rings is 1. The maximum Gasteiger partial charge on any atom is 0.341 e. The molecule has 1 aliphatic heterocycles. The molecule has 1 aromatic heterocycles. The topological polar surface area (TPSA) is 119 Å². The van der Waals surface area contributed by atoms with Gasteiger partial charge in [-0.3, -0.25) is 14.2 Å². The molecule has 0 radical (unpaired) electrons. The van der Waals surface area contributed by atoms with E-state index in [0.29, 0.717) is 49.8 Å². The summed E-state index contributed by atoms with van der Waals surface area (Å²) in [4.78, 5) is 43.6. The molecule has 220 valence electrons. The van der Waals surface area contributed by atoms with Crippen molar-refractivity contribution in [3.05, 3.63) is 119 Å². The quantitative estimate of drug-likeness (QED) is 0.265. The van der Waals surface area contributed by atoms with E-state index in [0.717, 1.165) is 11.3 Å². The number of hydrogen-bond donors (Lipinski definition) is 2. The van der Waals surface area contributed by atoms with E-state index < -0.39 is 18.6 Å². The van der Waals surface area contributed by atoms with E-state index in [9.17, 15) is 14.4 Å². The predicted octanol–water partition coefficient (Wildman–Crippen LogP) is 5.04. The Morgan fingerprint density at radius 3 is 2.37 bits per heavy atom. The van der Waals surface area contributed by atoms with Gasteiger partial charge in [-0.1, -0.05) is 64.9 Å². The Kier molecular flexibility index (Phi) is 9.00. The number of allylic oxidation sites excluding steroid dienone is 1. The number of carboxylic acids is 1. The highest BCUT2D eigenvalue weighted by Gasteiger charge is 2.32. The van der Waals surface area contributed by atoms with Crippen LogP contribution >= 0.6 is 34.5 Å². The van der Waals surface area contributed by atoms with Crippen molar-refractivity contribution in [3.8, 4) is 11.5 Å². The van der Waals surface area contributed by atoms with Gasteiger partial charge in [-0.05, 0) is 67.4 Å². The van der Waals surface area contributed by atoms with Crippen molar-refractivity contribution >= 4 is 58.2 Å². The fourth-order valence-corrected chi connectivity index (χ4v) is 6.31. The number of carboxylic acid groups (broad SMARTS) is 1. The van der Waals surface area contributed by atoms with Crippen LogP contribution in [0.5, 0.6) is 11.5 Å². The summed E-state index contributed by atoms with van der Waals surface area (Å²) in [7, 11) is 0. The van der Waals surface area contributed by atoms with Crippen molar-refractivity contribution in [2.45, 2.75) is 19.9 Å². The van der Waals surface area contributed by atoms with Gasteiger partial charge in [-0.2, -0.15) is 0 Å². The molecule has 1 aliphatic rings. The van der Waals surface area contributed by atoms with Crippen LogP contribution < -0.4 is 29.7 Å². The van der Waals surface area contributed by atoms with Gasteiger partial charge in [-0.25, -0.2) is 9.79 Å². The molecule has 3 aromatic carbocycles. The normalized spacial score (nSPS) is 14.6. The number of carbonyl (C=O) groups excluding carboxylic acids is 1. The predicted molar refractivity (Wildman–Crippen MR) is 166 cm³/mol. The van der Waals surface area contributed by atoms with Gasteiger partial charge in [0.05, 0.1) is 38.5 Å². The van der Waals surface area contributed by atoms with E-state index in [1.165, 1.54) is 16.7 Å². The highest BCUT2D eigenvalue weighted by Crippen LogP contribution is 2.35. The minimum Gasteiger partial charge on any atom is -0.494 e. The van der Waals surface area contributed by atoms with Crippen molar-refractivity contribution in [3.63, 3.8) is 0 Å². The van der Waals surface area contributed by atoms with Crippen LogP contribution in [0.1, 0.15) is 31.0 Å². The molecule has 2 N–H and O–H groups in total. The number of benzene rings is 3. The maximum absolute atomic E-state index is 14.0. The largest absolute Gasteiger partial charge is 0.494 e. The van der Waals surface area contributed by atoms with Crippen LogP contribution in [0.4, 0.5) is 5.69 Å². The zero-order chi connectivity index (χ0) is 30.7. The van der Waals surface area contributed by atoms with Gasteiger partial charge < -0.3 is 19.9 Å². The number of aliphatic carboxylic acids is 1. The highest BCUT2D eigenvalue weighted by molar-refractivity contribution is 7.07. The van der Waals surface area contributed by atoms with Crippen molar-refractivity contribution in [2.24, 2.45) is 4.99 Å². The third kappa shape index (κ3) is 6.51. The molecular weight excluding hydrogens is 613 g/mol. The average Bonchev–Trinajstić information content (AvgIpc) is 3.26. The van der Waals surface area contributed by atoms with Crippen LogP contribution in [0.2, 0.25) is 10.0 Å². The number of nitrogens with one attached hydrogen (secondary N) is 1. The highest BCUT2D eigenvalue weighted by atomic mass is 35.5. The zero-order valence-corrected chi connectivity index (χ0v) is 25.3. The van der Waals surface area contributed by atoms with Crippen molar-refractivity contribution in [2.75, 3.05) is 18.5 Å². The molecular formula is C31H25Cl2N3O6S. The molecule has 2 heterocycles. The average molecular weight is 639 g/mol. The molecule has 9 nitrogen and oxygen atoms in total. The van der Waals surface area contributed by atoms with Crippen molar-refractivity contribution in [1.82, 2.24) is 4.57 Å². The number of para-hydroxylation sites is 1. The van der Waals surface area contributed by atoms with Gasteiger partial charge in [0.2, 0.25) is 0 Å². The molecule has 0 aliphatic carbocycles. The first-order valence-electron chi connectivity index (χ1n) is 13.1. The molecule has 0 saturated heterocycles. The monoisotopic (exact) mass is 637 g/mol. The number of halogens is 2. The van der Waals surface area contributed by atoms with Gasteiger partial charge in [0.1, 0.15) is 5.75 Å². The van der Waals surface area contributed by atoms with Gasteiger partial charge in [0, 0.05) is 5.69 Å². The smallest absolute Gasteiger partial charge is 0.341 e. The number of ether oxygens (including phenoxy) is 2. The third-order valence-electron chi connectivity index (χ3n) is 6.46. The van der Waals surface area contributed by atoms with E-state index in [2.05, 4.69) is 10.3 Å². The third-order valence-corrected chi connectivity index (χ3v) is 8.01. The van der Waals surface area contributed by atoms with E-state index in [1.807, 2.05) is 37.3 Å². The lowest BCUT2D eigenvalue weighted by atomic mass is 9.95. The number of hydrogen-bond acceptors (Lipinski definition) is 7. The molecule has 5 rings (SSSR count). The van der Waals surface area contributed by atoms with Crippen molar-refractivity contribution in [1.29, 1.82) is 0 Å². The maximum atomic E-state index is 14.0. The second-order valence-electron chi connectivity index (χ2n) is 9.40. The summed E-state index contributed by atoms with van der Waals surface area (Å²) in [5.74, 6) is -0.855. The first kappa shape index (κ1) is 30.1. The Bertz CT molecular complexity index is 1890. The number of nitrogens with zero attached hydrogens (tertiary/aromatic N) is 2. The number of carbonyl (C=O) groups is 2. The molecule has 0 fully saturated rings. The van der Waals surface area contributed by atoms with E-state index in [4.69, 9.17) is 37.8 Å². The Morgan fingerprint density at radius 1 is 1.07 bits per heavy atom. The second-order valence-corrected chi connectivity index (χ2v) is 11.2. The second kappa shape index (κ2) is 12.9. The lowest BCUT2D eigenvalue weighted by molar-refractivity contribution is -0.139. The fraction of sp³-hybridized carbons (Fsp3) is 0.161. The summed E-state index contributed by atoms with van der Waals surface area (Å²) in [5.41, 5.74) is 2.26. The summed E-state index contributed by atoms with van der Waals surface area (Å²) in [6.07, 6.45) is 1.61. The number of rotatable bonds is 9. The number of anilines is 1. The Balaban J connectivity index is 1.61. The first-order valence-corrected chi connectivity index (χ1v) is 14.7. The summed E-state index contributed by atoms with van der Waals surface area (Å²) in [5, 5.41) is 12.0. The number of fused-ring (bicyclic) bond motifs is 1. The molecule has 0 unspecified atom stereocenters. The molecule has 1 amide bonds. The van der Waals surface area contributed by atoms with Gasteiger partial charge in [0.15, 0.2) is 17.2 Å². The SMILES string of the molecule is CCOc1ccc([C@H]2C(C(=O)Nc3ccccc3)=C(C)N=c3s/c(=C\c4cc(Cl)c(OCC(=O)O)c(Cl)c4)c(=O)n32)cc1. The minimum atomic E-state index is -1.17. The van der Waals surface area contributed by atoms with Crippen LogP contribution in [-0.4, -0.2) is 34.8 Å². The van der Waals surface area contributed by atoms with Gasteiger partial charge >= 0.3 is 5.97 Å². The summed E-state index contributed by atoms with van der Waals surface area (Å²) in [6, 6.07) is 18.6. The van der Waals surface area contributed by atoms with Crippen LogP contribution in [-0.2, 0) is 9.59 Å². The fourth-order valence-electron chi connectivity index (χ4n) is 4.65. The van der Waals surface area contributed by atoms with Crippen LogP contribution in [0, 0.1) is 0 Å². The summed E-state index contributed by atoms with van der Waals surface area (Å²) >= 11 is 13.8. The van der Waals surface area contributed by atoms with Crippen LogP contribution in [0.15, 0.2) is 87.8 Å². The lowest BCUT2D eigenvalue weighted by Crippen LogP contribution is -2.40. The molecule has 1 atom stereocenters. The van der Waals surface area contributed by atoms with Crippen LogP contribution in [0.3, 0.4) is 0 Å². The molecule has 4 aromatic rings. The Morgan fingerprint density at radius 2 is 1.74 bits per heavy atom. The van der Waals surface area contributed by atoms with Crippen molar-refractivity contribution < 1.29 is 24.2 Å². The van der Waals surface area contributed by atoms with Crippen LogP contribution in [0.25, 0.3) is 6.08 Å². The van der Waals surface area contributed by atoms with E-state index >= 15 is 0 Å². The van der Waals surface area contributed by atoms with E-state index in [-0.39, 0.29) is 27.3 Å². The Hall–Kier alpha value is -4.38. The van der Waals surface area contributed by atoms with E-state index in [1.54, 1.807) is 37.3 Å². The van der Waals surface area contributed by atoms with Gasteiger partial charge in [-0.15, -0.1) is 0 Å². The zero-order valence-electron chi connectivity index (χ0n) is 23.0.